The van der Waals surface area contributed by atoms with Crippen LogP contribution >= 0.6 is 11.8 Å². The van der Waals surface area contributed by atoms with Crippen LogP contribution < -0.4 is 10.9 Å². The number of nitrogens with zero attached hydrogens (tertiary/aromatic N) is 3. The van der Waals surface area contributed by atoms with E-state index in [1.165, 1.54) is 16.3 Å². The van der Waals surface area contributed by atoms with Crippen LogP contribution in [0.1, 0.15) is 12.5 Å². The number of para-hydroxylation sites is 1. The zero-order valence-corrected chi connectivity index (χ0v) is 14.9. The zero-order valence-electron chi connectivity index (χ0n) is 14.1. The lowest BCUT2D eigenvalue weighted by atomic mass is 10.2. The Morgan fingerprint density at radius 3 is 2.65 bits per heavy atom. The van der Waals surface area contributed by atoms with E-state index in [1.807, 2.05) is 13.0 Å². The summed E-state index contributed by atoms with van der Waals surface area (Å²) in [7, 11) is 0. The summed E-state index contributed by atoms with van der Waals surface area (Å²) in [4.78, 5) is 29.4. The Hall–Kier alpha value is -3.11. The third-order valence-electron chi connectivity index (χ3n) is 3.71. The van der Waals surface area contributed by atoms with Gasteiger partial charge in [-0.05, 0) is 43.3 Å². The number of thioether (sulfide) groups is 1. The smallest absolute Gasteiger partial charge is 0.266 e. The molecule has 3 rings (SSSR count). The van der Waals surface area contributed by atoms with Crippen LogP contribution in [0.2, 0.25) is 0 Å². The molecule has 0 aliphatic carbocycles. The number of carbonyl (C=O) groups excluding carboxylic acids is 1. The van der Waals surface area contributed by atoms with Gasteiger partial charge in [-0.25, -0.2) is 4.98 Å². The molecule has 0 fully saturated rings. The lowest BCUT2D eigenvalue weighted by molar-refractivity contribution is -0.118. The van der Waals surface area contributed by atoms with Gasteiger partial charge in [0, 0.05) is 6.54 Å². The van der Waals surface area contributed by atoms with Gasteiger partial charge in [0.15, 0.2) is 5.16 Å². The number of rotatable bonds is 5. The lowest BCUT2D eigenvalue weighted by Gasteiger charge is -2.13. The molecule has 1 heterocycles. The number of amides is 1. The maximum absolute atomic E-state index is 13.0. The summed E-state index contributed by atoms with van der Waals surface area (Å²) >= 11 is 1.20. The largest absolute Gasteiger partial charge is 0.356 e. The average Bonchev–Trinajstić information content (AvgIpc) is 2.67. The third kappa shape index (κ3) is 3.60. The molecule has 0 unspecified atom stereocenters. The van der Waals surface area contributed by atoms with Crippen molar-refractivity contribution in [3.8, 4) is 11.8 Å². The summed E-state index contributed by atoms with van der Waals surface area (Å²) in [5, 5.41) is 12.6. The minimum atomic E-state index is -0.210. The van der Waals surface area contributed by atoms with Crippen LogP contribution in [0.15, 0.2) is 58.5 Å². The van der Waals surface area contributed by atoms with Crippen molar-refractivity contribution < 1.29 is 4.79 Å². The molecule has 2 aromatic carbocycles. The molecule has 3 aromatic rings. The summed E-state index contributed by atoms with van der Waals surface area (Å²) < 4.78 is 1.48. The Labute approximate surface area is 154 Å². The van der Waals surface area contributed by atoms with E-state index in [4.69, 9.17) is 5.26 Å². The van der Waals surface area contributed by atoms with Gasteiger partial charge in [0.1, 0.15) is 0 Å². The van der Waals surface area contributed by atoms with Crippen LogP contribution in [0.4, 0.5) is 0 Å². The van der Waals surface area contributed by atoms with Crippen molar-refractivity contribution in [2.24, 2.45) is 0 Å². The van der Waals surface area contributed by atoms with Crippen LogP contribution in [0.3, 0.4) is 0 Å². The highest BCUT2D eigenvalue weighted by atomic mass is 32.2. The first-order valence-corrected chi connectivity index (χ1v) is 9.04. The highest BCUT2D eigenvalue weighted by Crippen LogP contribution is 2.21. The van der Waals surface area contributed by atoms with Gasteiger partial charge < -0.3 is 5.32 Å². The van der Waals surface area contributed by atoms with Crippen LogP contribution in [0, 0.1) is 11.3 Å². The molecule has 0 aliphatic rings. The van der Waals surface area contributed by atoms with E-state index >= 15 is 0 Å². The summed E-state index contributed by atoms with van der Waals surface area (Å²) in [6.45, 7) is 2.40. The number of carbonyl (C=O) groups is 1. The second kappa shape index (κ2) is 7.85. The van der Waals surface area contributed by atoms with Gasteiger partial charge in [0.2, 0.25) is 5.91 Å². The van der Waals surface area contributed by atoms with E-state index in [0.717, 1.165) is 0 Å². The summed E-state index contributed by atoms with van der Waals surface area (Å²) in [5.74, 6) is 0.0424. The highest BCUT2D eigenvalue weighted by Gasteiger charge is 2.14. The molecular weight excluding hydrogens is 348 g/mol. The molecule has 0 aliphatic heterocycles. The first-order valence-electron chi connectivity index (χ1n) is 8.06. The number of nitriles is 1. The van der Waals surface area contributed by atoms with E-state index in [2.05, 4.69) is 16.4 Å². The molecule has 7 heteroatoms. The molecule has 130 valence electrons. The fourth-order valence-corrected chi connectivity index (χ4v) is 3.34. The number of aromatic nitrogens is 2. The standard InChI is InChI=1S/C19H16N4O2S/c1-2-21-17(24)12-26-19-22-16-6-4-3-5-15(16)18(25)23(19)14-9-7-13(11-20)8-10-14/h3-10H,2,12H2,1H3,(H,21,24). The van der Waals surface area contributed by atoms with E-state index in [9.17, 15) is 9.59 Å². The van der Waals surface area contributed by atoms with Gasteiger partial charge in [0.05, 0.1) is 34.0 Å². The van der Waals surface area contributed by atoms with Crippen LogP contribution in [-0.2, 0) is 4.79 Å². The lowest BCUT2D eigenvalue weighted by Crippen LogP contribution is -2.26. The highest BCUT2D eigenvalue weighted by molar-refractivity contribution is 7.99. The molecular formula is C19H16N4O2S. The first kappa shape index (κ1) is 17.7. The quantitative estimate of drug-likeness (QED) is 0.555. The molecule has 26 heavy (non-hydrogen) atoms. The van der Waals surface area contributed by atoms with Crippen molar-refractivity contribution in [3.63, 3.8) is 0 Å². The maximum atomic E-state index is 13.0. The Kier molecular flexibility index (Phi) is 5.34. The van der Waals surface area contributed by atoms with E-state index in [1.54, 1.807) is 42.5 Å². The molecule has 0 radical (unpaired) electrons. The molecule has 1 amide bonds. The van der Waals surface area contributed by atoms with Gasteiger partial charge in [-0.15, -0.1) is 0 Å². The molecule has 1 N–H and O–H groups in total. The number of nitrogens with one attached hydrogen (secondary N) is 1. The zero-order chi connectivity index (χ0) is 18.5. The first-order chi connectivity index (χ1) is 12.6. The van der Waals surface area contributed by atoms with Crippen molar-refractivity contribution in [3.05, 3.63) is 64.4 Å². The minimum Gasteiger partial charge on any atom is -0.356 e. The van der Waals surface area contributed by atoms with Gasteiger partial charge in [-0.3, -0.25) is 14.2 Å². The van der Waals surface area contributed by atoms with Gasteiger partial charge in [0.25, 0.3) is 5.56 Å². The van der Waals surface area contributed by atoms with Crippen LogP contribution in [0.5, 0.6) is 0 Å². The van der Waals surface area contributed by atoms with E-state index in [0.29, 0.717) is 33.9 Å². The van der Waals surface area contributed by atoms with Crippen molar-refractivity contribution in [2.75, 3.05) is 12.3 Å². The fraction of sp³-hybridized carbons (Fsp3) is 0.158. The second-order valence-corrected chi connectivity index (χ2v) is 6.40. The Morgan fingerprint density at radius 2 is 1.96 bits per heavy atom. The number of hydrogen-bond acceptors (Lipinski definition) is 5. The second-order valence-electron chi connectivity index (χ2n) is 5.45. The number of benzene rings is 2. The van der Waals surface area contributed by atoms with Crippen LogP contribution in [-0.4, -0.2) is 27.8 Å². The molecule has 0 saturated carbocycles. The summed E-state index contributed by atoms with van der Waals surface area (Å²) in [6.07, 6.45) is 0. The number of hydrogen-bond donors (Lipinski definition) is 1. The molecule has 0 saturated heterocycles. The molecule has 0 atom stereocenters. The maximum Gasteiger partial charge on any atom is 0.266 e. The number of fused-ring (bicyclic) bond motifs is 1. The molecule has 0 spiro atoms. The van der Waals surface area contributed by atoms with Gasteiger partial charge in [-0.2, -0.15) is 5.26 Å². The van der Waals surface area contributed by atoms with Crippen LogP contribution in [0.25, 0.3) is 16.6 Å². The summed E-state index contributed by atoms with van der Waals surface area (Å²) in [5.41, 5.74) is 1.48. The Balaban J connectivity index is 2.12. The average molecular weight is 364 g/mol. The van der Waals surface area contributed by atoms with Crippen molar-refractivity contribution in [2.45, 2.75) is 12.1 Å². The monoisotopic (exact) mass is 364 g/mol. The predicted octanol–water partition coefficient (Wildman–Crippen LogP) is 2.49. The third-order valence-corrected chi connectivity index (χ3v) is 4.64. The fourth-order valence-electron chi connectivity index (χ4n) is 2.50. The molecule has 6 nitrogen and oxygen atoms in total. The van der Waals surface area contributed by atoms with Gasteiger partial charge in [-0.1, -0.05) is 23.9 Å². The molecule has 1 aromatic heterocycles. The van der Waals surface area contributed by atoms with Crippen molar-refractivity contribution in [1.82, 2.24) is 14.9 Å². The van der Waals surface area contributed by atoms with Gasteiger partial charge >= 0.3 is 0 Å². The normalized spacial score (nSPS) is 10.5. The van der Waals surface area contributed by atoms with Crippen molar-refractivity contribution in [1.29, 1.82) is 5.26 Å². The molecule has 0 bridgehead atoms. The Morgan fingerprint density at radius 1 is 1.23 bits per heavy atom. The summed E-state index contributed by atoms with van der Waals surface area (Å²) in [6, 6.07) is 15.9. The van der Waals surface area contributed by atoms with E-state index in [-0.39, 0.29) is 17.2 Å². The SMILES string of the molecule is CCNC(=O)CSc1nc2ccccc2c(=O)n1-c1ccc(C#N)cc1. The predicted molar refractivity (Wildman–Crippen MR) is 101 cm³/mol. The topological polar surface area (TPSA) is 87.8 Å². The van der Waals surface area contributed by atoms with E-state index < -0.39 is 0 Å². The minimum absolute atomic E-state index is 0.119. The van der Waals surface area contributed by atoms with Crippen molar-refractivity contribution >= 4 is 28.6 Å². The Bertz CT molecular complexity index is 1050.